The molecule has 0 bridgehead atoms. The molecule has 0 N–H and O–H groups in total. The van der Waals surface area contributed by atoms with Crippen molar-refractivity contribution in [2.45, 2.75) is 19.2 Å². The fraction of sp³-hybridized carbons (Fsp3) is 0.143. The number of ether oxygens (including phenoxy) is 1. The number of carbonyl (C=O) groups is 1. The molecular weight excluding hydrogens is 431 g/mol. The average molecular weight is 445 g/mol. The van der Waals surface area contributed by atoms with E-state index in [4.69, 9.17) is 4.74 Å². The molecule has 1 aromatic carbocycles. The topological polar surface area (TPSA) is 73.6 Å². The summed E-state index contributed by atoms with van der Waals surface area (Å²) in [6, 6.07) is 11.3. The van der Waals surface area contributed by atoms with Crippen LogP contribution >= 0.6 is 11.3 Å². The minimum atomic E-state index is -4.42. The van der Waals surface area contributed by atoms with E-state index in [1.165, 1.54) is 21.9 Å². The van der Waals surface area contributed by atoms with Crippen molar-refractivity contribution in [3.05, 3.63) is 98.0 Å². The van der Waals surface area contributed by atoms with Crippen molar-refractivity contribution in [1.82, 2.24) is 14.4 Å². The van der Waals surface area contributed by atoms with Crippen molar-refractivity contribution in [2.75, 3.05) is 0 Å². The summed E-state index contributed by atoms with van der Waals surface area (Å²) in [7, 11) is 0. The molecule has 0 atom stereocenters. The molecule has 31 heavy (non-hydrogen) atoms. The number of nitrogens with zero attached hydrogens (tertiary/aromatic N) is 3. The van der Waals surface area contributed by atoms with Crippen molar-refractivity contribution >= 4 is 23.0 Å². The summed E-state index contributed by atoms with van der Waals surface area (Å²) in [4.78, 5) is 32.8. The molecule has 0 saturated heterocycles. The standard InChI is InChI=1S/C21H14F3N3O3S/c22-21(23,24)14-5-3-4-13(8-14)9-18-26-16(12-31-18)20(29)30-11-15-10-19(28)27-7-2-1-6-17(27)25-15/h1-8,10,12H,9,11H2. The summed E-state index contributed by atoms with van der Waals surface area (Å²) >= 11 is 1.15. The molecule has 0 aliphatic carbocycles. The van der Waals surface area contributed by atoms with Crippen LogP contribution in [0.25, 0.3) is 5.65 Å². The van der Waals surface area contributed by atoms with Gasteiger partial charge in [-0.3, -0.25) is 9.20 Å². The quantitative estimate of drug-likeness (QED) is 0.432. The average Bonchev–Trinajstić information content (AvgIpc) is 3.20. The fourth-order valence-electron chi connectivity index (χ4n) is 2.91. The van der Waals surface area contributed by atoms with Crippen molar-refractivity contribution in [3.63, 3.8) is 0 Å². The Kier molecular flexibility index (Phi) is 5.55. The van der Waals surface area contributed by atoms with Crippen LogP contribution < -0.4 is 5.56 Å². The van der Waals surface area contributed by atoms with Gasteiger partial charge in [-0.25, -0.2) is 14.8 Å². The lowest BCUT2D eigenvalue weighted by atomic mass is 10.1. The summed E-state index contributed by atoms with van der Waals surface area (Å²) in [5, 5.41) is 1.96. The highest BCUT2D eigenvalue weighted by Gasteiger charge is 2.30. The van der Waals surface area contributed by atoms with E-state index in [1.54, 1.807) is 30.5 Å². The maximum atomic E-state index is 12.9. The van der Waals surface area contributed by atoms with E-state index in [0.29, 0.717) is 21.9 Å². The van der Waals surface area contributed by atoms with E-state index in [0.717, 1.165) is 23.5 Å². The zero-order valence-corrected chi connectivity index (χ0v) is 16.6. The first-order chi connectivity index (χ1) is 14.8. The maximum Gasteiger partial charge on any atom is 0.416 e. The van der Waals surface area contributed by atoms with Crippen LogP contribution in [0.15, 0.2) is 64.9 Å². The number of rotatable bonds is 5. The van der Waals surface area contributed by atoms with E-state index >= 15 is 0 Å². The zero-order valence-electron chi connectivity index (χ0n) is 15.8. The Morgan fingerprint density at radius 2 is 1.94 bits per heavy atom. The minimum absolute atomic E-state index is 0.0458. The Balaban J connectivity index is 1.42. The SMILES string of the molecule is O=C(OCc1cc(=O)n2ccccc2n1)c1csc(Cc2cccc(C(F)(F)F)c2)n1. The number of hydrogen-bond acceptors (Lipinski definition) is 6. The summed E-state index contributed by atoms with van der Waals surface area (Å²) in [5.74, 6) is -0.707. The highest BCUT2D eigenvalue weighted by molar-refractivity contribution is 7.09. The number of esters is 1. The van der Waals surface area contributed by atoms with Gasteiger partial charge in [-0.1, -0.05) is 24.3 Å². The lowest BCUT2D eigenvalue weighted by Crippen LogP contribution is -2.16. The van der Waals surface area contributed by atoms with Crippen molar-refractivity contribution in [2.24, 2.45) is 0 Å². The van der Waals surface area contributed by atoms with Crippen LogP contribution in [0.3, 0.4) is 0 Å². The first-order valence-corrected chi connectivity index (χ1v) is 9.92. The van der Waals surface area contributed by atoms with Crippen LogP contribution in [0.1, 0.15) is 32.3 Å². The number of pyridine rings is 1. The second kappa shape index (κ2) is 8.31. The number of aromatic nitrogens is 3. The van der Waals surface area contributed by atoms with Gasteiger partial charge in [-0.15, -0.1) is 11.3 Å². The second-order valence-corrected chi connectivity index (χ2v) is 7.53. The Morgan fingerprint density at radius 3 is 2.74 bits per heavy atom. The van der Waals surface area contributed by atoms with Gasteiger partial charge >= 0.3 is 12.1 Å². The van der Waals surface area contributed by atoms with Crippen LogP contribution in [0, 0.1) is 0 Å². The molecule has 10 heteroatoms. The molecule has 0 spiro atoms. The number of hydrogen-bond donors (Lipinski definition) is 0. The largest absolute Gasteiger partial charge is 0.454 e. The molecule has 0 fully saturated rings. The lowest BCUT2D eigenvalue weighted by molar-refractivity contribution is -0.137. The first-order valence-electron chi connectivity index (χ1n) is 9.04. The van der Waals surface area contributed by atoms with Gasteiger partial charge in [0.2, 0.25) is 0 Å². The number of benzene rings is 1. The van der Waals surface area contributed by atoms with Gasteiger partial charge in [0.15, 0.2) is 5.69 Å². The van der Waals surface area contributed by atoms with Crippen molar-refractivity contribution < 1.29 is 22.7 Å². The number of halogens is 3. The van der Waals surface area contributed by atoms with Gasteiger partial charge in [0.05, 0.1) is 16.3 Å². The highest BCUT2D eigenvalue weighted by atomic mass is 32.1. The summed E-state index contributed by atoms with van der Waals surface area (Å²) < 4.78 is 45.1. The third-order valence-corrected chi connectivity index (χ3v) is 5.19. The molecule has 0 radical (unpaired) electrons. The van der Waals surface area contributed by atoms with Crippen LogP contribution in [0.5, 0.6) is 0 Å². The smallest absolute Gasteiger partial charge is 0.416 e. The fourth-order valence-corrected chi connectivity index (χ4v) is 3.71. The Morgan fingerprint density at radius 1 is 1.10 bits per heavy atom. The minimum Gasteiger partial charge on any atom is -0.454 e. The van der Waals surface area contributed by atoms with Gasteiger partial charge in [-0.05, 0) is 23.8 Å². The molecule has 4 rings (SSSR count). The van der Waals surface area contributed by atoms with E-state index in [-0.39, 0.29) is 24.3 Å². The van der Waals surface area contributed by atoms with Crippen molar-refractivity contribution in [3.8, 4) is 0 Å². The highest BCUT2D eigenvalue weighted by Crippen LogP contribution is 2.30. The van der Waals surface area contributed by atoms with Crippen LogP contribution in [0.2, 0.25) is 0 Å². The van der Waals surface area contributed by atoms with E-state index in [2.05, 4.69) is 9.97 Å². The lowest BCUT2D eigenvalue weighted by Gasteiger charge is -2.07. The number of alkyl halides is 3. The van der Waals surface area contributed by atoms with Crippen LogP contribution in [0.4, 0.5) is 13.2 Å². The molecule has 6 nitrogen and oxygen atoms in total. The predicted octanol–water partition coefficient (Wildman–Crippen LogP) is 4.12. The van der Waals surface area contributed by atoms with Gasteiger partial charge in [0.1, 0.15) is 12.3 Å². The van der Waals surface area contributed by atoms with E-state index < -0.39 is 17.7 Å². The molecule has 0 aliphatic rings. The number of fused-ring (bicyclic) bond motifs is 1. The maximum absolute atomic E-state index is 12.9. The molecule has 158 valence electrons. The summed E-state index contributed by atoms with van der Waals surface area (Å²) in [5.41, 5.74) is 0.171. The normalized spacial score (nSPS) is 11.6. The third kappa shape index (κ3) is 4.80. The summed E-state index contributed by atoms with van der Waals surface area (Å²) in [6.45, 7) is -0.208. The molecule has 0 saturated carbocycles. The monoisotopic (exact) mass is 445 g/mol. The van der Waals surface area contributed by atoms with Crippen LogP contribution in [-0.2, 0) is 23.9 Å². The molecule has 0 unspecified atom stereocenters. The Bertz CT molecular complexity index is 1310. The van der Waals surface area contributed by atoms with Crippen LogP contribution in [-0.4, -0.2) is 20.3 Å². The predicted molar refractivity (Wildman–Crippen MR) is 107 cm³/mol. The van der Waals surface area contributed by atoms with Gasteiger partial charge in [-0.2, -0.15) is 13.2 Å². The molecular formula is C21H14F3N3O3S. The Labute approximate surface area is 177 Å². The molecule has 0 aliphatic heterocycles. The molecule has 3 aromatic heterocycles. The number of thiazole rings is 1. The zero-order chi connectivity index (χ0) is 22.0. The summed E-state index contributed by atoms with van der Waals surface area (Å²) in [6.07, 6.45) is -2.68. The van der Waals surface area contributed by atoms with Gasteiger partial charge in [0.25, 0.3) is 5.56 Å². The molecule has 4 aromatic rings. The van der Waals surface area contributed by atoms with Crippen molar-refractivity contribution in [1.29, 1.82) is 0 Å². The molecule has 0 amide bonds. The third-order valence-electron chi connectivity index (χ3n) is 4.35. The molecule has 3 heterocycles. The van der Waals surface area contributed by atoms with E-state index in [9.17, 15) is 22.8 Å². The van der Waals surface area contributed by atoms with E-state index in [1.807, 2.05) is 0 Å². The van der Waals surface area contributed by atoms with Gasteiger partial charge in [0, 0.05) is 24.1 Å². The Hall–Kier alpha value is -3.53. The van der Waals surface area contributed by atoms with Gasteiger partial charge < -0.3 is 4.74 Å². The second-order valence-electron chi connectivity index (χ2n) is 6.59. The number of carbonyl (C=O) groups excluding carboxylic acids is 1. The first kappa shape index (κ1) is 20.7.